The van der Waals surface area contributed by atoms with Crippen LogP contribution in [0.15, 0.2) is 47.3 Å². The molecule has 1 N–H and O–H groups in total. The summed E-state index contributed by atoms with van der Waals surface area (Å²) in [6, 6.07) is 8.74. The Hall–Kier alpha value is -3.81. The maximum absolute atomic E-state index is 12.4. The molecule has 3 aromatic rings. The summed E-state index contributed by atoms with van der Waals surface area (Å²) in [5, 5.41) is 12.6. The molecular weight excluding hydrogens is 509 g/mol. The number of oxazole rings is 1. The summed E-state index contributed by atoms with van der Waals surface area (Å²) in [5.41, 5.74) is 1.09. The van der Waals surface area contributed by atoms with Crippen LogP contribution < -0.4 is 15.0 Å². The molecule has 3 aliphatic rings. The van der Waals surface area contributed by atoms with Gasteiger partial charge < -0.3 is 19.4 Å². The van der Waals surface area contributed by atoms with Gasteiger partial charge in [-0.05, 0) is 74.1 Å². The van der Waals surface area contributed by atoms with E-state index in [0.29, 0.717) is 46.7 Å². The van der Waals surface area contributed by atoms with Crippen LogP contribution in [0.4, 0.5) is 25.1 Å². The average molecular weight is 539 g/mol. The number of ether oxygens (including phenoxy) is 1. The van der Waals surface area contributed by atoms with Crippen molar-refractivity contribution in [2.24, 2.45) is 17.8 Å². The zero-order valence-corrected chi connectivity index (χ0v) is 21.3. The van der Waals surface area contributed by atoms with Crippen molar-refractivity contribution in [1.82, 2.24) is 15.0 Å². The van der Waals surface area contributed by atoms with Crippen LogP contribution in [0.3, 0.4) is 0 Å². The topological polar surface area (TPSA) is 100 Å². The number of aromatic nitrogens is 3. The Labute approximate surface area is 224 Å². The number of fused-ring (bicyclic) bond motifs is 2. The number of rotatable bonds is 7. The molecule has 3 heterocycles. The molecule has 1 aliphatic heterocycles. The zero-order valence-electron chi connectivity index (χ0n) is 21.3. The van der Waals surface area contributed by atoms with Gasteiger partial charge in [-0.1, -0.05) is 12.8 Å². The van der Waals surface area contributed by atoms with Crippen LogP contribution in [0.2, 0.25) is 0 Å². The molecule has 2 saturated carbocycles. The van der Waals surface area contributed by atoms with E-state index >= 15 is 0 Å². The predicted molar refractivity (Wildman–Crippen MR) is 137 cm³/mol. The minimum absolute atomic E-state index is 0.242. The summed E-state index contributed by atoms with van der Waals surface area (Å²) in [6.45, 7) is 0.974. The van der Waals surface area contributed by atoms with Crippen LogP contribution in [-0.2, 0) is 0 Å². The van der Waals surface area contributed by atoms with E-state index < -0.39 is 6.36 Å². The summed E-state index contributed by atoms with van der Waals surface area (Å²) < 4.78 is 47.2. The Morgan fingerprint density at radius 2 is 1.79 bits per heavy atom. The van der Waals surface area contributed by atoms with E-state index in [1.54, 1.807) is 18.6 Å². The summed E-state index contributed by atoms with van der Waals surface area (Å²) in [4.78, 5) is 15.6. The minimum atomic E-state index is -4.73. The van der Waals surface area contributed by atoms with Crippen molar-refractivity contribution >= 4 is 12.0 Å². The Morgan fingerprint density at radius 1 is 1.03 bits per heavy atom. The second kappa shape index (κ2) is 10.4. The summed E-state index contributed by atoms with van der Waals surface area (Å²) in [5.74, 6) is 2.62. The van der Waals surface area contributed by atoms with Gasteiger partial charge in [-0.15, -0.1) is 13.2 Å². The highest BCUT2D eigenvalue weighted by molar-refractivity contribution is 5.58. The quantitative estimate of drug-likeness (QED) is 0.381. The number of alkyl halides is 3. The van der Waals surface area contributed by atoms with Crippen LogP contribution in [-0.4, -0.2) is 39.9 Å². The van der Waals surface area contributed by atoms with E-state index in [2.05, 4.69) is 36.0 Å². The number of nitrogens with one attached hydrogen (secondary N) is 1. The molecule has 0 spiro atoms. The first kappa shape index (κ1) is 25.5. The fourth-order valence-corrected chi connectivity index (χ4v) is 6.69. The third-order valence-electron chi connectivity index (χ3n) is 8.34. The lowest BCUT2D eigenvalue weighted by atomic mass is 9.77. The van der Waals surface area contributed by atoms with Gasteiger partial charge in [0.2, 0.25) is 5.95 Å². The first-order valence-corrected chi connectivity index (χ1v) is 13.4. The second-order valence-corrected chi connectivity index (χ2v) is 10.8. The van der Waals surface area contributed by atoms with Gasteiger partial charge in [0.15, 0.2) is 5.76 Å². The predicted octanol–water partition coefficient (Wildman–Crippen LogP) is 6.18. The maximum Gasteiger partial charge on any atom is 0.573 e. The minimum Gasteiger partial charge on any atom is -0.424 e. The van der Waals surface area contributed by atoms with E-state index in [9.17, 15) is 13.2 Å². The fraction of sp³-hybridized carbons (Fsp3) is 0.500. The number of nitrogens with zero attached hydrogens (tertiary/aromatic N) is 5. The van der Waals surface area contributed by atoms with Crippen molar-refractivity contribution in [2.75, 3.05) is 16.8 Å². The van der Waals surface area contributed by atoms with Gasteiger partial charge in [0.1, 0.15) is 11.8 Å². The molecule has 6 rings (SSSR count). The molecule has 0 radical (unpaired) electrons. The number of piperidine rings is 1. The lowest BCUT2D eigenvalue weighted by molar-refractivity contribution is -0.274. The maximum atomic E-state index is 12.4. The molecule has 5 atom stereocenters. The van der Waals surface area contributed by atoms with Crippen molar-refractivity contribution in [3.8, 4) is 23.1 Å². The molecule has 39 heavy (non-hydrogen) atoms. The van der Waals surface area contributed by atoms with Gasteiger partial charge >= 0.3 is 6.36 Å². The third-order valence-corrected chi connectivity index (χ3v) is 8.34. The lowest BCUT2D eigenvalue weighted by Crippen LogP contribution is -2.42. The Kier molecular flexibility index (Phi) is 6.79. The molecule has 2 aromatic heterocycles. The molecule has 204 valence electrons. The van der Waals surface area contributed by atoms with Gasteiger partial charge in [0.25, 0.3) is 6.01 Å². The number of nitriles is 1. The van der Waals surface area contributed by atoms with Crippen LogP contribution in [0.5, 0.6) is 5.75 Å². The summed E-state index contributed by atoms with van der Waals surface area (Å²) in [7, 11) is 0. The van der Waals surface area contributed by atoms with Gasteiger partial charge in [0, 0.05) is 24.2 Å². The first-order chi connectivity index (χ1) is 18.8. The largest absolute Gasteiger partial charge is 0.573 e. The zero-order chi connectivity index (χ0) is 27.0. The lowest BCUT2D eigenvalue weighted by Gasteiger charge is -2.38. The molecule has 3 fully saturated rings. The monoisotopic (exact) mass is 538 g/mol. The van der Waals surface area contributed by atoms with E-state index in [0.717, 1.165) is 44.6 Å². The van der Waals surface area contributed by atoms with Crippen molar-refractivity contribution in [2.45, 2.75) is 63.4 Å². The molecular formula is C28H29F3N6O2. The molecule has 1 aromatic carbocycles. The molecule has 2 aliphatic carbocycles. The highest BCUT2D eigenvalue weighted by Crippen LogP contribution is 2.47. The Bertz CT molecular complexity index is 1320. The van der Waals surface area contributed by atoms with Crippen molar-refractivity contribution in [3.63, 3.8) is 0 Å². The van der Waals surface area contributed by atoms with E-state index in [1.165, 1.54) is 37.1 Å². The van der Waals surface area contributed by atoms with E-state index in [1.807, 2.05) is 0 Å². The van der Waals surface area contributed by atoms with Crippen LogP contribution in [0, 0.1) is 29.1 Å². The van der Waals surface area contributed by atoms with Gasteiger partial charge in [0.05, 0.1) is 24.2 Å². The van der Waals surface area contributed by atoms with Crippen molar-refractivity contribution in [3.05, 3.63) is 48.4 Å². The Morgan fingerprint density at radius 3 is 2.51 bits per heavy atom. The molecule has 2 bridgehead atoms. The second-order valence-electron chi connectivity index (χ2n) is 10.8. The third kappa shape index (κ3) is 5.65. The smallest absolute Gasteiger partial charge is 0.424 e. The Balaban J connectivity index is 1.10. The molecule has 11 heteroatoms. The number of benzene rings is 1. The van der Waals surface area contributed by atoms with Gasteiger partial charge in [-0.3, -0.25) is 0 Å². The molecule has 0 amide bonds. The summed E-state index contributed by atoms with van der Waals surface area (Å²) in [6.07, 6.45) is 8.08. The number of halogens is 3. The van der Waals surface area contributed by atoms with Crippen molar-refractivity contribution < 1.29 is 22.3 Å². The first-order valence-electron chi connectivity index (χ1n) is 13.4. The van der Waals surface area contributed by atoms with E-state index in [4.69, 9.17) is 9.68 Å². The molecule has 0 unspecified atom stereocenters. The average Bonchev–Trinajstić information content (AvgIpc) is 3.66. The number of anilines is 2. The standard InChI is InChI=1S/C28H29F3N6O2/c29-28(30,31)39-22-7-5-19(6-8-22)25-15-35-27(38-25)36-23-4-2-1-3-20(23)11-21-9-17-10-24(21)37(16-17)26-33-13-18(12-32)14-34-26/h5-8,13-15,17,20-21,23-24H,1-4,9-11,16H2,(H,35,36)/t17-,20+,21-,23-,24-/m1/s1. The highest BCUT2D eigenvalue weighted by Gasteiger charge is 2.47. The van der Waals surface area contributed by atoms with Gasteiger partial charge in [-0.25, -0.2) is 15.0 Å². The summed E-state index contributed by atoms with van der Waals surface area (Å²) >= 11 is 0. The van der Waals surface area contributed by atoms with Gasteiger partial charge in [-0.2, -0.15) is 5.26 Å². The number of hydrogen-bond acceptors (Lipinski definition) is 8. The van der Waals surface area contributed by atoms with Crippen LogP contribution in [0.1, 0.15) is 50.5 Å². The highest BCUT2D eigenvalue weighted by atomic mass is 19.4. The molecule has 8 nitrogen and oxygen atoms in total. The molecule has 1 saturated heterocycles. The van der Waals surface area contributed by atoms with E-state index in [-0.39, 0.29) is 11.8 Å². The van der Waals surface area contributed by atoms with Crippen molar-refractivity contribution in [1.29, 1.82) is 5.26 Å². The van der Waals surface area contributed by atoms with Crippen LogP contribution >= 0.6 is 0 Å². The fourth-order valence-electron chi connectivity index (χ4n) is 6.69. The van der Waals surface area contributed by atoms with Crippen LogP contribution in [0.25, 0.3) is 11.3 Å². The normalized spacial score (nSPS) is 26.4. The number of hydrogen-bond donors (Lipinski definition) is 1. The SMILES string of the molecule is N#Cc1cnc(N2C[C@@H]3C[C@H](C[C@@H]4CCCC[C@H]4Nc4ncc(-c5ccc(OC(F)(F)F)cc5)o4)[C@H]2C3)nc1.